The van der Waals surface area contributed by atoms with Gasteiger partial charge in [0, 0.05) is 39.7 Å². The SMILES string of the molecule is Cc1ccc2c(C(=O)c3ccc(Br)cc3C)cn(C)c2c1. The summed E-state index contributed by atoms with van der Waals surface area (Å²) >= 11 is 3.44. The van der Waals surface area contributed by atoms with Gasteiger partial charge in [-0.3, -0.25) is 4.79 Å². The summed E-state index contributed by atoms with van der Waals surface area (Å²) in [6, 6.07) is 12.0. The summed E-state index contributed by atoms with van der Waals surface area (Å²) < 4.78 is 3.01. The van der Waals surface area contributed by atoms with Gasteiger partial charge in [0.05, 0.1) is 0 Å². The lowest BCUT2D eigenvalue weighted by Gasteiger charge is -2.05. The number of rotatable bonds is 2. The zero-order chi connectivity index (χ0) is 15.1. The van der Waals surface area contributed by atoms with E-state index in [1.807, 2.05) is 55.1 Å². The largest absolute Gasteiger partial charge is 0.350 e. The Morgan fingerprint density at radius 3 is 2.52 bits per heavy atom. The summed E-state index contributed by atoms with van der Waals surface area (Å²) in [5.74, 6) is 0.0782. The maximum atomic E-state index is 12.9. The Morgan fingerprint density at radius 1 is 1.05 bits per heavy atom. The van der Waals surface area contributed by atoms with E-state index >= 15 is 0 Å². The minimum absolute atomic E-state index is 0.0782. The van der Waals surface area contributed by atoms with Crippen LogP contribution < -0.4 is 0 Å². The van der Waals surface area contributed by atoms with E-state index in [0.29, 0.717) is 0 Å². The summed E-state index contributed by atoms with van der Waals surface area (Å²) in [7, 11) is 1.98. The van der Waals surface area contributed by atoms with E-state index in [2.05, 4.69) is 28.9 Å². The number of nitrogens with zero attached hydrogens (tertiary/aromatic N) is 1. The van der Waals surface area contributed by atoms with Gasteiger partial charge in [0.15, 0.2) is 5.78 Å². The van der Waals surface area contributed by atoms with Gasteiger partial charge in [0.1, 0.15) is 0 Å². The van der Waals surface area contributed by atoms with Crippen LogP contribution in [0, 0.1) is 13.8 Å². The van der Waals surface area contributed by atoms with Crippen LogP contribution in [0.3, 0.4) is 0 Å². The quantitative estimate of drug-likeness (QED) is 0.614. The third kappa shape index (κ3) is 2.42. The van der Waals surface area contributed by atoms with Crippen molar-refractivity contribution >= 4 is 32.6 Å². The van der Waals surface area contributed by atoms with Crippen molar-refractivity contribution in [3.63, 3.8) is 0 Å². The Hall–Kier alpha value is -1.87. The fourth-order valence-electron chi connectivity index (χ4n) is 2.70. The summed E-state index contributed by atoms with van der Waals surface area (Å²) in [4.78, 5) is 12.9. The van der Waals surface area contributed by atoms with Crippen molar-refractivity contribution < 1.29 is 4.79 Å². The predicted molar refractivity (Wildman–Crippen MR) is 90.0 cm³/mol. The van der Waals surface area contributed by atoms with Crippen LogP contribution in [0.1, 0.15) is 27.0 Å². The Bertz CT molecular complexity index is 861. The summed E-state index contributed by atoms with van der Waals surface area (Å²) in [6.07, 6.45) is 1.92. The first-order valence-corrected chi connectivity index (χ1v) is 7.63. The Morgan fingerprint density at radius 2 is 1.81 bits per heavy atom. The molecule has 0 bridgehead atoms. The van der Waals surface area contributed by atoms with Gasteiger partial charge in [0.25, 0.3) is 0 Å². The van der Waals surface area contributed by atoms with Gasteiger partial charge in [-0.05, 0) is 49.2 Å². The van der Waals surface area contributed by atoms with Gasteiger partial charge in [0.2, 0.25) is 0 Å². The van der Waals surface area contributed by atoms with Crippen molar-refractivity contribution in [3.8, 4) is 0 Å². The van der Waals surface area contributed by atoms with Crippen LogP contribution in [0.2, 0.25) is 0 Å². The highest BCUT2D eigenvalue weighted by Crippen LogP contribution is 2.26. The highest BCUT2D eigenvalue weighted by atomic mass is 79.9. The molecule has 3 heteroatoms. The molecule has 2 nitrogen and oxygen atoms in total. The lowest BCUT2D eigenvalue weighted by molar-refractivity contribution is 0.103. The second-order valence-corrected chi connectivity index (χ2v) is 6.38. The monoisotopic (exact) mass is 341 g/mol. The number of hydrogen-bond donors (Lipinski definition) is 0. The number of carbonyl (C=O) groups is 1. The minimum Gasteiger partial charge on any atom is -0.350 e. The first-order chi connectivity index (χ1) is 9.97. The van der Waals surface area contributed by atoms with Crippen molar-refractivity contribution in [2.45, 2.75) is 13.8 Å². The molecule has 0 aliphatic carbocycles. The molecule has 1 aromatic heterocycles. The first kappa shape index (κ1) is 14.1. The fraction of sp³-hybridized carbons (Fsp3) is 0.167. The van der Waals surface area contributed by atoms with Gasteiger partial charge >= 0.3 is 0 Å². The molecule has 0 amide bonds. The molecule has 3 aromatic rings. The molecule has 0 unspecified atom stereocenters. The topological polar surface area (TPSA) is 22.0 Å². The van der Waals surface area contributed by atoms with Crippen LogP contribution in [0.5, 0.6) is 0 Å². The molecule has 0 aliphatic rings. The smallest absolute Gasteiger partial charge is 0.195 e. The van der Waals surface area contributed by atoms with Gasteiger partial charge in [-0.25, -0.2) is 0 Å². The number of hydrogen-bond acceptors (Lipinski definition) is 1. The van der Waals surface area contributed by atoms with E-state index in [9.17, 15) is 4.79 Å². The third-order valence-electron chi connectivity index (χ3n) is 3.82. The minimum atomic E-state index is 0.0782. The molecular formula is C18H16BrNO. The van der Waals surface area contributed by atoms with Crippen LogP contribution >= 0.6 is 15.9 Å². The van der Waals surface area contributed by atoms with E-state index in [-0.39, 0.29) is 5.78 Å². The second kappa shape index (κ2) is 5.15. The maximum Gasteiger partial charge on any atom is 0.195 e. The Kier molecular flexibility index (Phi) is 3.46. The molecule has 106 valence electrons. The molecule has 0 aliphatic heterocycles. The van der Waals surface area contributed by atoms with Crippen LogP contribution in [0.4, 0.5) is 0 Å². The Balaban J connectivity index is 2.18. The summed E-state index contributed by atoms with van der Waals surface area (Å²) in [6.45, 7) is 4.03. The van der Waals surface area contributed by atoms with E-state index in [4.69, 9.17) is 0 Å². The molecule has 1 heterocycles. The fourth-order valence-corrected chi connectivity index (χ4v) is 3.18. The molecule has 0 fully saturated rings. The van der Waals surface area contributed by atoms with Crippen LogP contribution in [-0.2, 0) is 7.05 Å². The number of fused-ring (bicyclic) bond motifs is 1. The molecular weight excluding hydrogens is 326 g/mol. The molecule has 0 atom stereocenters. The van der Waals surface area contributed by atoms with Crippen molar-refractivity contribution in [1.29, 1.82) is 0 Å². The number of ketones is 1. The van der Waals surface area contributed by atoms with Crippen molar-refractivity contribution in [3.05, 3.63) is 69.3 Å². The summed E-state index contributed by atoms with van der Waals surface area (Å²) in [5.41, 5.74) is 4.79. The molecule has 0 N–H and O–H groups in total. The number of carbonyl (C=O) groups excluding carboxylic acids is 1. The van der Waals surface area contributed by atoms with Crippen molar-refractivity contribution in [2.24, 2.45) is 7.05 Å². The number of aromatic nitrogens is 1. The van der Waals surface area contributed by atoms with Gasteiger partial charge < -0.3 is 4.57 Å². The number of benzene rings is 2. The zero-order valence-electron chi connectivity index (χ0n) is 12.3. The highest BCUT2D eigenvalue weighted by Gasteiger charge is 2.17. The van der Waals surface area contributed by atoms with E-state index in [1.54, 1.807) is 0 Å². The first-order valence-electron chi connectivity index (χ1n) is 6.84. The van der Waals surface area contributed by atoms with Gasteiger partial charge in [-0.15, -0.1) is 0 Å². The van der Waals surface area contributed by atoms with E-state index < -0.39 is 0 Å². The summed E-state index contributed by atoms with van der Waals surface area (Å²) in [5, 5.41) is 1.01. The normalized spacial score (nSPS) is 11.0. The van der Waals surface area contributed by atoms with Crippen molar-refractivity contribution in [1.82, 2.24) is 4.57 Å². The maximum absolute atomic E-state index is 12.9. The van der Waals surface area contributed by atoms with Crippen LogP contribution in [0.15, 0.2) is 47.1 Å². The van der Waals surface area contributed by atoms with Crippen LogP contribution in [-0.4, -0.2) is 10.4 Å². The zero-order valence-corrected chi connectivity index (χ0v) is 13.9. The van der Waals surface area contributed by atoms with Gasteiger partial charge in [-0.2, -0.15) is 0 Å². The highest BCUT2D eigenvalue weighted by molar-refractivity contribution is 9.10. The third-order valence-corrected chi connectivity index (χ3v) is 4.32. The second-order valence-electron chi connectivity index (χ2n) is 5.46. The van der Waals surface area contributed by atoms with Crippen LogP contribution in [0.25, 0.3) is 10.9 Å². The standard InChI is InChI=1S/C18H16BrNO/c1-11-4-6-15-16(10-20(3)17(15)8-11)18(21)14-7-5-13(19)9-12(14)2/h4-10H,1-3H3. The van der Waals surface area contributed by atoms with Crippen molar-refractivity contribution in [2.75, 3.05) is 0 Å². The molecule has 0 saturated heterocycles. The lowest BCUT2D eigenvalue weighted by atomic mass is 9.98. The van der Waals surface area contributed by atoms with E-state index in [0.717, 1.165) is 32.1 Å². The molecule has 0 radical (unpaired) electrons. The molecule has 0 saturated carbocycles. The van der Waals surface area contributed by atoms with Gasteiger partial charge in [-0.1, -0.05) is 28.1 Å². The molecule has 0 spiro atoms. The number of aryl methyl sites for hydroxylation is 3. The molecule has 21 heavy (non-hydrogen) atoms. The average Bonchev–Trinajstić information content (AvgIpc) is 2.75. The Labute approximate surface area is 132 Å². The lowest BCUT2D eigenvalue weighted by Crippen LogP contribution is -2.03. The molecule has 2 aromatic carbocycles. The van der Waals surface area contributed by atoms with E-state index in [1.165, 1.54) is 5.56 Å². The molecule has 3 rings (SSSR count). The average molecular weight is 342 g/mol. The predicted octanol–water partition coefficient (Wildman–Crippen LogP) is 4.79. The number of halogens is 1.